The molecule has 3 N–H and O–H groups in total. The van der Waals surface area contributed by atoms with E-state index < -0.39 is 11.7 Å². The lowest BCUT2D eigenvalue weighted by Gasteiger charge is -2.09. The summed E-state index contributed by atoms with van der Waals surface area (Å²) in [6, 6.07) is 12.1. The summed E-state index contributed by atoms with van der Waals surface area (Å²) in [6.07, 6.45) is 0. The van der Waals surface area contributed by atoms with E-state index in [0.717, 1.165) is 5.56 Å². The van der Waals surface area contributed by atoms with Crippen LogP contribution in [0.25, 0.3) is 0 Å². The van der Waals surface area contributed by atoms with Crippen molar-refractivity contribution in [3.63, 3.8) is 0 Å². The molecule has 0 spiro atoms. The van der Waals surface area contributed by atoms with Crippen LogP contribution >= 0.6 is 0 Å². The molecule has 130 valence electrons. The normalized spacial score (nSPS) is 10.0. The van der Waals surface area contributed by atoms with Crippen LogP contribution in [0.2, 0.25) is 0 Å². The Hall–Kier alpha value is -3.22. The summed E-state index contributed by atoms with van der Waals surface area (Å²) in [7, 11) is 0. The minimum atomic E-state index is -0.456. The van der Waals surface area contributed by atoms with E-state index in [1.165, 1.54) is 31.2 Å². The average molecular weight is 343 g/mol. The molecule has 0 aromatic heterocycles. The van der Waals surface area contributed by atoms with Crippen LogP contribution in [0.3, 0.4) is 0 Å². The number of hydrogen-bond acceptors (Lipinski definition) is 3. The Bertz CT molecular complexity index is 775. The third-order valence-corrected chi connectivity index (χ3v) is 3.25. The van der Waals surface area contributed by atoms with Crippen molar-refractivity contribution in [1.29, 1.82) is 0 Å². The number of hydrogen-bond donors (Lipinski definition) is 3. The second kappa shape index (κ2) is 8.58. The molecule has 2 rings (SSSR count). The van der Waals surface area contributed by atoms with Gasteiger partial charge >= 0.3 is 0 Å². The first-order valence-corrected chi connectivity index (χ1v) is 7.61. The van der Waals surface area contributed by atoms with Gasteiger partial charge in [-0.25, -0.2) is 4.39 Å². The van der Waals surface area contributed by atoms with Crippen molar-refractivity contribution in [1.82, 2.24) is 10.6 Å². The Labute approximate surface area is 144 Å². The molecule has 0 aliphatic heterocycles. The SMILES string of the molecule is CC(=O)Nc1cccc(CNC(=O)CNC(=O)c2ccc(F)cc2)c1. The van der Waals surface area contributed by atoms with Crippen molar-refractivity contribution in [2.75, 3.05) is 11.9 Å². The molecule has 0 atom stereocenters. The summed E-state index contributed by atoms with van der Waals surface area (Å²) >= 11 is 0. The van der Waals surface area contributed by atoms with Crippen LogP contribution in [0.1, 0.15) is 22.8 Å². The zero-order chi connectivity index (χ0) is 18.2. The molecular formula is C18H18FN3O3. The van der Waals surface area contributed by atoms with E-state index in [1.54, 1.807) is 18.2 Å². The molecular weight excluding hydrogens is 325 g/mol. The maximum Gasteiger partial charge on any atom is 0.251 e. The molecule has 2 aromatic carbocycles. The lowest BCUT2D eigenvalue weighted by atomic mass is 10.2. The van der Waals surface area contributed by atoms with Crippen molar-refractivity contribution in [3.05, 3.63) is 65.5 Å². The fourth-order valence-corrected chi connectivity index (χ4v) is 2.09. The Morgan fingerprint density at radius 3 is 2.40 bits per heavy atom. The predicted molar refractivity (Wildman–Crippen MR) is 91.3 cm³/mol. The van der Waals surface area contributed by atoms with Crippen molar-refractivity contribution in [2.24, 2.45) is 0 Å². The molecule has 0 fully saturated rings. The summed E-state index contributed by atoms with van der Waals surface area (Å²) in [5, 5.41) is 7.79. The van der Waals surface area contributed by atoms with Crippen molar-refractivity contribution < 1.29 is 18.8 Å². The number of carbonyl (C=O) groups is 3. The first-order chi connectivity index (χ1) is 11.9. The molecule has 0 saturated heterocycles. The molecule has 0 aliphatic carbocycles. The van der Waals surface area contributed by atoms with Crippen LogP contribution in [0.15, 0.2) is 48.5 Å². The number of benzene rings is 2. The Kier molecular flexibility index (Phi) is 6.22. The molecule has 25 heavy (non-hydrogen) atoms. The quantitative estimate of drug-likeness (QED) is 0.748. The summed E-state index contributed by atoms with van der Waals surface area (Å²) in [6.45, 7) is 1.48. The first kappa shape index (κ1) is 18.1. The van der Waals surface area contributed by atoms with Gasteiger partial charge in [-0.05, 0) is 42.0 Å². The number of nitrogens with one attached hydrogen (secondary N) is 3. The lowest BCUT2D eigenvalue weighted by Crippen LogP contribution is -2.36. The van der Waals surface area contributed by atoms with Gasteiger partial charge in [0.15, 0.2) is 0 Å². The molecule has 6 nitrogen and oxygen atoms in total. The van der Waals surface area contributed by atoms with Crippen molar-refractivity contribution >= 4 is 23.4 Å². The Morgan fingerprint density at radius 1 is 1.00 bits per heavy atom. The van der Waals surface area contributed by atoms with Gasteiger partial charge in [0.2, 0.25) is 11.8 Å². The maximum absolute atomic E-state index is 12.8. The predicted octanol–water partition coefficient (Wildman–Crippen LogP) is 1.83. The molecule has 0 bridgehead atoms. The van der Waals surface area contributed by atoms with Gasteiger partial charge in [0.05, 0.1) is 6.54 Å². The second-order valence-corrected chi connectivity index (χ2v) is 5.35. The molecule has 2 aromatic rings. The number of carbonyl (C=O) groups excluding carboxylic acids is 3. The highest BCUT2D eigenvalue weighted by Crippen LogP contribution is 2.10. The first-order valence-electron chi connectivity index (χ1n) is 7.61. The summed E-state index contributed by atoms with van der Waals surface area (Å²) in [4.78, 5) is 34.7. The highest BCUT2D eigenvalue weighted by Gasteiger charge is 2.08. The van der Waals surface area contributed by atoms with Crippen LogP contribution in [0.5, 0.6) is 0 Å². The van der Waals surface area contributed by atoms with Gasteiger partial charge in [0.1, 0.15) is 5.82 Å². The van der Waals surface area contributed by atoms with Gasteiger partial charge in [0.25, 0.3) is 5.91 Å². The third kappa shape index (κ3) is 6.06. The minimum Gasteiger partial charge on any atom is -0.350 e. The number of anilines is 1. The molecule has 0 unspecified atom stereocenters. The molecule has 0 saturated carbocycles. The highest BCUT2D eigenvalue weighted by molar-refractivity contribution is 5.96. The van der Waals surface area contributed by atoms with Gasteiger partial charge in [-0.2, -0.15) is 0 Å². The van der Waals surface area contributed by atoms with Crippen LogP contribution in [0.4, 0.5) is 10.1 Å². The second-order valence-electron chi connectivity index (χ2n) is 5.35. The Balaban J connectivity index is 1.79. The Morgan fingerprint density at radius 2 is 1.72 bits per heavy atom. The fraction of sp³-hybridized carbons (Fsp3) is 0.167. The number of rotatable bonds is 6. The van der Waals surface area contributed by atoms with Gasteiger partial charge in [-0.15, -0.1) is 0 Å². The summed E-state index contributed by atoms with van der Waals surface area (Å²) in [5.74, 6) is -1.43. The summed E-state index contributed by atoms with van der Waals surface area (Å²) in [5.41, 5.74) is 1.73. The molecule has 0 radical (unpaired) electrons. The van der Waals surface area contributed by atoms with Gasteiger partial charge in [-0.3, -0.25) is 14.4 Å². The van der Waals surface area contributed by atoms with E-state index in [1.807, 2.05) is 6.07 Å². The molecule has 7 heteroatoms. The van der Waals surface area contributed by atoms with E-state index in [2.05, 4.69) is 16.0 Å². The standard InChI is InChI=1S/C18H18FN3O3/c1-12(23)22-16-4-2-3-13(9-16)10-20-17(24)11-21-18(25)14-5-7-15(19)8-6-14/h2-9H,10-11H2,1H3,(H,20,24)(H,21,25)(H,22,23). The highest BCUT2D eigenvalue weighted by atomic mass is 19.1. The molecule has 0 aliphatic rings. The fourth-order valence-electron chi connectivity index (χ4n) is 2.09. The van der Waals surface area contributed by atoms with E-state index in [4.69, 9.17) is 0 Å². The number of halogens is 1. The third-order valence-electron chi connectivity index (χ3n) is 3.25. The van der Waals surface area contributed by atoms with Crippen LogP contribution in [0, 0.1) is 5.82 Å². The van der Waals surface area contributed by atoms with E-state index in [9.17, 15) is 18.8 Å². The zero-order valence-corrected chi connectivity index (χ0v) is 13.6. The molecule has 0 heterocycles. The minimum absolute atomic E-state index is 0.176. The van der Waals surface area contributed by atoms with E-state index in [-0.39, 0.29) is 30.5 Å². The van der Waals surface area contributed by atoms with Gasteiger partial charge in [-0.1, -0.05) is 12.1 Å². The van der Waals surface area contributed by atoms with Crippen LogP contribution in [-0.2, 0) is 16.1 Å². The average Bonchev–Trinajstić information content (AvgIpc) is 2.58. The monoisotopic (exact) mass is 343 g/mol. The summed E-state index contributed by atoms with van der Waals surface area (Å²) < 4.78 is 12.8. The number of amides is 3. The van der Waals surface area contributed by atoms with E-state index in [0.29, 0.717) is 5.69 Å². The smallest absolute Gasteiger partial charge is 0.251 e. The van der Waals surface area contributed by atoms with Gasteiger partial charge < -0.3 is 16.0 Å². The molecule has 3 amide bonds. The van der Waals surface area contributed by atoms with Crippen molar-refractivity contribution in [3.8, 4) is 0 Å². The van der Waals surface area contributed by atoms with Crippen molar-refractivity contribution in [2.45, 2.75) is 13.5 Å². The topological polar surface area (TPSA) is 87.3 Å². The largest absolute Gasteiger partial charge is 0.350 e. The van der Waals surface area contributed by atoms with Crippen LogP contribution in [-0.4, -0.2) is 24.3 Å². The lowest BCUT2D eigenvalue weighted by molar-refractivity contribution is -0.120. The maximum atomic E-state index is 12.8. The van der Waals surface area contributed by atoms with Crippen LogP contribution < -0.4 is 16.0 Å². The van der Waals surface area contributed by atoms with E-state index >= 15 is 0 Å². The van der Waals surface area contributed by atoms with Gasteiger partial charge in [0, 0.05) is 24.7 Å². The zero-order valence-electron chi connectivity index (χ0n) is 13.6.